The van der Waals surface area contributed by atoms with E-state index in [1.165, 1.54) is 11.3 Å². The van der Waals surface area contributed by atoms with Crippen LogP contribution in [-0.2, 0) is 6.42 Å². The van der Waals surface area contributed by atoms with Gasteiger partial charge in [-0.15, -0.1) is 11.3 Å². The smallest absolute Gasteiger partial charge is 0.263 e. The molecule has 1 aliphatic rings. The normalized spacial score (nSPS) is 13.6. The fourth-order valence-corrected chi connectivity index (χ4v) is 4.24. The van der Waals surface area contributed by atoms with E-state index in [-0.39, 0.29) is 11.9 Å². The second-order valence-electron chi connectivity index (χ2n) is 6.90. The van der Waals surface area contributed by atoms with Gasteiger partial charge in [0.15, 0.2) is 0 Å². The molecule has 0 aromatic carbocycles. The molecule has 1 amide bonds. The van der Waals surface area contributed by atoms with Crippen LogP contribution in [0.5, 0.6) is 5.88 Å². The second kappa shape index (κ2) is 7.93. The highest BCUT2D eigenvalue weighted by Crippen LogP contribution is 2.40. The van der Waals surface area contributed by atoms with Crippen molar-refractivity contribution in [2.24, 2.45) is 0 Å². The average molecular weight is 417 g/mol. The number of amides is 1. The molecular weight excluding hydrogens is 396 g/mol. The minimum absolute atomic E-state index is 0.142. The number of carbonyl (C=O) groups is 1. The summed E-state index contributed by atoms with van der Waals surface area (Å²) >= 11 is 7.75. The summed E-state index contributed by atoms with van der Waals surface area (Å²) in [5, 5.41) is 4.14. The Morgan fingerprint density at radius 2 is 2.25 bits per heavy atom. The number of ether oxygens (including phenoxy) is 1. The molecule has 1 aliphatic carbocycles. The minimum Gasteiger partial charge on any atom is -0.477 e. The molecular formula is C20H21ClN4O2S. The van der Waals surface area contributed by atoms with Crippen LogP contribution in [0.4, 0.5) is 5.69 Å². The van der Waals surface area contributed by atoms with Crippen LogP contribution in [0.15, 0.2) is 24.4 Å². The molecule has 0 saturated heterocycles. The molecule has 3 aromatic heterocycles. The van der Waals surface area contributed by atoms with E-state index in [1.807, 2.05) is 25.1 Å². The van der Waals surface area contributed by atoms with Crippen LogP contribution < -0.4 is 15.8 Å². The van der Waals surface area contributed by atoms with E-state index in [9.17, 15) is 4.79 Å². The Kier molecular flexibility index (Phi) is 5.37. The number of anilines is 1. The van der Waals surface area contributed by atoms with Crippen molar-refractivity contribution in [3.63, 3.8) is 0 Å². The van der Waals surface area contributed by atoms with Gasteiger partial charge in [-0.2, -0.15) is 0 Å². The van der Waals surface area contributed by atoms with E-state index >= 15 is 0 Å². The number of thiophene rings is 1. The Bertz CT molecular complexity index is 1020. The fourth-order valence-electron chi connectivity index (χ4n) is 3.00. The number of nitrogens with zero attached hydrogens (tertiary/aromatic N) is 2. The molecule has 3 heterocycles. The van der Waals surface area contributed by atoms with Gasteiger partial charge in [0.25, 0.3) is 5.91 Å². The summed E-state index contributed by atoms with van der Waals surface area (Å²) < 4.78 is 5.83. The van der Waals surface area contributed by atoms with Crippen molar-refractivity contribution in [2.75, 3.05) is 12.3 Å². The number of nitrogens with one attached hydrogen (secondary N) is 1. The molecule has 0 unspecified atom stereocenters. The number of nitrogens with two attached hydrogens (primary N) is 1. The first-order valence-corrected chi connectivity index (χ1v) is 10.5. The first-order valence-electron chi connectivity index (χ1n) is 9.26. The summed E-state index contributed by atoms with van der Waals surface area (Å²) in [5.41, 5.74) is 8.49. The lowest BCUT2D eigenvalue weighted by Crippen LogP contribution is -2.25. The molecule has 0 aliphatic heterocycles. The number of fused-ring (bicyclic) bond motifs is 1. The molecule has 28 heavy (non-hydrogen) atoms. The topological polar surface area (TPSA) is 90.1 Å². The summed E-state index contributed by atoms with van der Waals surface area (Å²) in [5.74, 6) is 0.236. The van der Waals surface area contributed by atoms with Crippen LogP contribution in [0.25, 0.3) is 10.2 Å². The molecule has 1 saturated carbocycles. The van der Waals surface area contributed by atoms with Crippen molar-refractivity contribution in [1.82, 2.24) is 15.3 Å². The largest absolute Gasteiger partial charge is 0.477 e. The van der Waals surface area contributed by atoms with Gasteiger partial charge in [0, 0.05) is 23.3 Å². The zero-order valence-corrected chi connectivity index (χ0v) is 17.1. The van der Waals surface area contributed by atoms with Crippen molar-refractivity contribution in [2.45, 2.75) is 38.6 Å². The molecule has 0 radical (unpaired) electrons. The number of pyridine rings is 2. The van der Waals surface area contributed by atoms with Crippen molar-refractivity contribution in [1.29, 1.82) is 0 Å². The lowest BCUT2D eigenvalue weighted by molar-refractivity contribution is 0.0956. The zero-order valence-electron chi connectivity index (χ0n) is 15.5. The number of carbonyl (C=O) groups excluding carboxylic acids is 1. The third-order valence-corrected chi connectivity index (χ3v) is 6.23. The fraction of sp³-hybridized carbons (Fsp3) is 0.350. The van der Waals surface area contributed by atoms with E-state index in [0.717, 1.165) is 42.3 Å². The number of halogens is 1. The van der Waals surface area contributed by atoms with E-state index in [2.05, 4.69) is 15.3 Å². The number of hydrogen-bond acceptors (Lipinski definition) is 6. The lowest BCUT2D eigenvalue weighted by atomic mass is 10.1. The quantitative estimate of drug-likeness (QED) is 0.565. The third-order valence-electron chi connectivity index (χ3n) is 4.68. The van der Waals surface area contributed by atoms with Gasteiger partial charge in [0.1, 0.15) is 14.7 Å². The Morgan fingerprint density at radius 3 is 2.96 bits per heavy atom. The SMILES string of the molecule is Cc1c(Cl)c(OCCCc2ccccn2)nc2sc(C(=O)NC3CC3)c(N)c12. The van der Waals surface area contributed by atoms with Crippen LogP contribution >= 0.6 is 22.9 Å². The zero-order chi connectivity index (χ0) is 19.7. The van der Waals surface area contributed by atoms with E-state index in [0.29, 0.717) is 32.9 Å². The van der Waals surface area contributed by atoms with Crippen molar-refractivity contribution in [3.05, 3.63) is 45.6 Å². The summed E-state index contributed by atoms with van der Waals surface area (Å²) in [6.45, 7) is 2.35. The van der Waals surface area contributed by atoms with Crippen LogP contribution in [0.3, 0.4) is 0 Å². The minimum atomic E-state index is -0.142. The number of aromatic nitrogens is 2. The molecule has 0 spiro atoms. The number of rotatable bonds is 7. The van der Waals surface area contributed by atoms with E-state index < -0.39 is 0 Å². The first kappa shape index (κ1) is 19.0. The van der Waals surface area contributed by atoms with Gasteiger partial charge in [-0.1, -0.05) is 17.7 Å². The molecule has 146 valence electrons. The van der Waals surface area contributed by atoms with Crippen LogP contribution in [0.2, 0.25) is 5.02 Å². The van der Waals surface area contributed by atoms with Crippen LogP contribution in [0, 0.1) is 6.92 Å². The highest BCUT2D eigenvalue weighted by Gasteiger charge is 2.27. The Balaban J connectivity index is 1.50. The van der Waals surface area contributed by atoms with Gasteiger partial charge in [0.05, 0.1) is 12.3 Å². The van der Waals surface area contributed by atoms with Gasteiger partial charge in [0.2, 0.25) is 5.88 Å². The average Bonchev–Trinajstić information content (AvgIpc) is 3.44. The molecule has 4 rings (SSSR count). The molecule has 8 heteroatoms. The highest BCUT2D eigenvalue weighted by atomic mass is 35.5. The van der Waals surface area contributed by atoms with Gasteiger partial charge in [-0.05, 0) is 50.3 Å². The molecule has 3 N–H and O–H groups in total. The number of aryl methyl sites for hydroxylation is 2. The lowest BCUT2D eigenvalue weighted by Gasteiger charge is -2.10. The Morgan fingerprint density at radius 1 is 1.43 bits per heavy atom. The van der Waals surface area contributed by atoms with Crippen LogP contribution in [0.1, 0.15) is 40.2 Å². The van der Waals surface area contributed by atoms with E-state index in [4.69, 9.17) is 22.1 Å². The third kappa shape index (κ3) is 3.91. The molecule has 6 nitrogen and oxygen atoms in total. The molecule has 0 atom stereocenters. The monoisotopic (exact) mass is 416 g/mol. The summed E-state index contributed by atoms with van der Waals surface area (Å²) in [4.78, 5) is 22.4. The molecule has 3 aromatic rings. The molecule has 0 bridgehead atoms. The summed E-state index contributed by atoms with van der Waals surface area (Å²) in [6, 6.07) is 6.13. The van der Waals surface area contributed by atoms with Gasteiger partial charge in [-0.3, -0.25) is 9.78 Å². The number of hydrogen-bond donors (Lipinski definition) is 2. The van der Waals surface area contributed by atoms with Crippen molar-refractivity contribution >= 4 is 44.7 Å². The first-order chi connectivity index (χ1) is 13.5. The van der Waals surface area contributed by atoms with Gasteiger partial charge in [-0.25, -0.2) is 4.98 Å². The maximum Gasteiger partial charge on any atom is 0.263 e. The second-order valence-corrected chi connectivity index (χ2v) is 8.28. The van der Waals surface area contributed by atoms with Gasteiger partial charge >= 0.3 is 0 Å². The van der Waals surface area contributed by atoms with Gasteiger partial charge < -0.3 is 15.8 Å². The molecule has 1 fully saturated rings. The maximum absolute atomic E-state index is 12.4. The predicted molar refractivity (Wildman–Crippen MR) is 112 cm³/mol. The van der Waals surface area contributed by atoms with Crippen LogP contribution in [-0.4, -0.2) is 28.5 Å². The number of nitrogen functional groups attached to an aromatic ring is 1. The highest BCUT2D eigenvalue weighted by molar-refractivity contribution is 7.21. The van der Waals surface area contributed by atoms with Crippen molar-refractivity contribution in [3.8, 4) is 5.88 Å². The Labute approximate surface area is 172 Å². The van der Waals surface area contributed by atoms with E-state index in [1.54, 1.807) is 6.20 Å². The maximum atomic E-state index is 12.4. The Hall–Kier alpha value is -2.38. The summed E-state index contributed by atoms with van der Waals surface area (Å²) in [6.07, 6.45) is 5.45. The standard InChI is InChI=1S/C20H21ClN4O2S/c1-11-14-16(22)17(18(26)24-13-7-8-13)28-20(14)25-19(15(11)21)27-10-4-6-12-5-2-3-9-23-12/h2-3,5,9,13H,4,6-8,10,22H2,1H3,(H,24,26). The predicted octanol–water partition coefficient (Wildman–Crippen LogP) is 4.14. The summed E-state index contributed by atoms with van der Waals surface area (Å²) in [7, 11) is 0. The van der Waals surface area contributed by atoms with Crippen molar-refractivity contribution < 1.29 is 9.53 Å².